The zero-order chi connectivity index (χ0) is 14.2. The first-order chi connectivity index (χ1) is 9.74. The fraction of sp³-hybridized carbons (Fsp3) is 1.00. The predicted molar refractivity (Wildman–Crippen MR) is 85.1 cm³/mol. The maximum absolute atomic E-state index is 6.21. The van der Waals surface area contributed by atoms with Gasteiger partial charge in [-0.15, -0.1) is 0 Å². The van der Waals surface area contributed by atoms with Crippen LogP contribution in [0.25, 0.3) is 0 Å². The van der Waals surface area contributed by atoms with Crippen molar-refractivity contribution in [3.63, 3.8) is 0 Å². The van der Waals surface area contributed by atoms with Gasteiger partial charge in [0, 0.05) is 13.1 Å². The monoisotopic (exact) mass is 282 g/mol. The molecular formula is C17H34N2O. The van der Waals surface area contributed by atoms with E-state index in [0.717, 1.165) is 19.0 Å². The summed E-state index contributed by atoms with van der Waals surface area (Å²) in [4.78, 5) is 2.65. The Balaban J connectivity index is 1.62. The van der Waals surface area contributed by atoms with E-state index in [1.165, 1.54) is 64.6 Å². The van der Waals surface area contributed by atoms with Gasteiger partial charge in [-0.2, -0.15) is 0 Å². The molecule has 118 valence electrons. The van der Waals surface area contributed by atoms with Gasteiger partial charge >= 0.3 is 0 Å². The van der Waals surface area contributed by atoms with Crippen molar-refractivity contribution in [2.45, 2.75) is 71.0 Å². The third-order valence-electron chi connectivity index (χ3n) is 4.53. The fourth-order valence-corrected chi connectivity index (χ4v) is 3.38. The fourth-order valence-electron chi connectivity index (χ4n) is 3.38. The first-order valence-corrected chi connectivity index (χ1v) is 8.82. The van der Waals surface area contributed by atoms with E-state index in [0.29, 0.717) is 12.2 Å². The summed E-state index contributed by atoms with van der Waals surface area (Å²) in [6, 6.07) is 0. The Morgan fingerprint density at radius 3 is 2.35 bits per heavy atom. The molecule has 3 nitrogen and oxygen atoms in total. The highest BCUT2D eigenvalue weighted by Crippen LogP contribution is 2.21. The molecule has 0 bridgehead atoms. The van der Waals surface area contributed by atoms with E-state index in [1.54, 1.807) is 0 Å². The summed E-state index contributed by atoms with van der Waals surface area (Å²) in [5.74, 6) is 0.730. The van der Waals surface area contributed by atoms with Crippen molar-refractivity contribution < 1.29 is 4.74 Å². The number of ether oxygens (including phenoxy) is 1. The molecule has 0 aromatic heterocycles. The second-order valence-corrected chi connectivity index (χ2v) is 7.08. The van der Waals surface area contributed by atoms with Crippen LogP contribution in [0, 0.1) is 5.92 Å². The molecule has 1 N–H and O–H groups in total. The average Bonchev–Trinajstić information content (AvgIpc) is 2.80. The molecule has 2 rings (SSSR count). The largest absolute Gasteiger partial charge is 0.372 e. The number of likely N-dealkylation sites (tertiary alicyclic amines) is 1. The molecule has 2 heterocycles. The molecule has 3 heteroatoms. The number of hydrogen-bond donors (Lipinski definition) is 1. The number of hydrogen-bond acceptors (Lipinski definition) is 3. The van der Waals surface area contributed by atoms with E-state index in [4.69, 9.17) is 4.74 Å². The van der Waals surface area contributed by atoms with Gasteiger partial charge in [0.05, 0.1) is 12.2 Å². The van der Waals surface area contributed by atoms with E-state index in [-0.39, 0.29) is 0 Å². The van der Waals surface area contributed by atoms with Gasteiger partial charge in [-0.3, -0.25) is 0 Å². The smallest absolute Gasteiger partial charge is 0.0707 e. The van der Waals surface area contributed by atoms with Crippen molar-refractivity contribution in [3.05, 3.63) is 0 Å². The molecule has 2 fully saturated rings. The highest BCUT2D eigenvalue weighted by atomic mass is 16.5. The Kier molecular flexibility index (Phi) is 7.32. The second kappa shape index (κ2) is 9.01. The molecule has 2 saturated heterocycles. The quantitative estimate of drug-likeness (QED) is 0.810. The van der Waals surface area contributed by atoms with Crippen LogP contribution in [0.15, 0.2) is 0 Å². The van der Waals surface area contributed by atoms with Gasteiger partial charge < -0.3 is 15.0 Å². The van der Waals surface area contributed by atoms with Crippen LogP contribution in [-0.2, 0) is 4.74 Å². The maximum atomic E-state index is 6.21. The highest BCUT2D eigenvalue weighted by Gasteiger charge is 2.26. The van der Waals surface area contributed by atoms with Crippen LogP contribution >= 0.6 is 0 Å². The van der Waals surface area contributed by atoms with Crippen molar-refractivity contribution in [1.29, 1.82) is 0 Å². The number of nitrogens with one attached hydrogen (secondary N) is 1. The van der Waals surface area contributed by atoms with Gasteiger partial charge in [-0.05, 0) is 51.2 Å². The minimum Gasteiger partial charge on any atom is -0.372 e. The third kappa shape index (κ3) is 6.11. The Morgan fingerprint density at radius 2 is 1.65 bits per heavy atom. The van der Waals surface area contributed by atoms with Gasteiger partial charge in [-0.25, -0.2) is 0 Å². The zero-order valence-corrected chi connectivity index (χ0v) is 13.6. The lowest BCUT2D eigenvalue weighted by Crippen LogP contribution is -2.36. The molecule has 2 atom stereocenters. The van der Waals surface area contributed by atoms with Gasteiger partial charge in [0.15, 0.2) is 0 Å². The SMILES string of the molecule is CC(C)CNCC1CCC(CN2CCCCCCC2)O1. The summed E-state index contributed by atoms with van der Waals surface area (Å²) in [6.45, 7) is 10.4. The number of nitrogens with zero attached hydrogens (tertiary/aromatic N) is 1. The van der Waals surface area contributed by atoms with Gasteiger partial charge in [0.1, 0.15) is 0 Å². The van der Waals surface area contributed by atoms with Crippen LogP contribution in [0.2, 0.25) is 0 Å². The summed E-state index contributed by atoms with van der Waals surface area (Å²) < 4.78 is 6.21. The lowest BCUT2D eigenvalue weighted by atomic mass is 10.1. The van der Waals surface area contributed by atoms with Crippen LogP contribution in [0.4, 0.5) is 0 Å². The van der Waals surface area contributed by atoms with Gasteiger partial charge in [0.2, 0.25) is 0 Å². The molecule has 0 aromatic rings. The Labute approximate surface area is 125 Å². The van der Waals surface area contributed by atoms with E-state index in [2.05, 4.69) is 24.1 Å². The van der Waals surface area contributed by atoms with E-state index in [9.17, 15) is 0 Å². The van der Waals surface area contributed by atoms with Crippen LogP contribution in [-0.4, -0.2) is 49.8 Å². The lowest BCUT2D eigenvalue weighted by Gasteiger charge is -2.27. The molecule has 0 spiro atoms. The standard InChI is InChI=1S/C17H34N2O/c1-15(2)12-18-13-16-8-9-17(20-16)14-19-10-6-4-3-5-7-11-19/h15-18H,3-14H2,1-2H3. The summed E-state index contributed by atoms with van der Waals surface area (Å²) in [5.41, 5.74) is 0. The molecule has 2 aliphatic rings. The first-order valence-electron chi connectivity index (χ1n) is 8.82. The normalized spacial score (nSPS) is 29.6. The van der Waals surface area contributed by atoms with E-state index < -0.39 is 0 Å². The van der Waals surface area contributed by atoms with Crippen LogP contribution in [0.5, 0.6) is 0 Å². The minimum atomic E-state index is 0.452. The second-order valence-electron chi connectivity index (χ2n) is 7.08. The van der Waals surface area contributed by atoms with Crippen LogP contribution in [0.1, 0.15) is 58.8 Å². The Morgan fingerprint density at radius 1 is 1.00 bits per heavy atom. The summed E-state index contributed by atoms with van der Waals surface area (Å²) in [7, 11) is 0. The van der Waals surface area contributed by atoms with Gasteiger partial charge in [0.25, 0.3) is 0 Å². The molecular weight excluding hydrogens is 248 g/mol. The minimum absolute atomic E-state index is 0.452. The van der Waals surface area contributed by atoms with Crippen LogP contribution < -0.4 is 5.32 Å². The van der Waals surface area contributed by atoms with E-state index in [1.807, 2.05) is 0 Å². The van der Waals surface area contributed by atoms with Crippen LogP contribution in [0.3, 0.4) is 0 Å². The summed E-state index contributed by atoms with van der Waals surface area (Å²) in [6.07, 6.45) is 10.5. The molecule has 0 aromatic carbocycles. The maximum Gasteiger partial charge on any atom is 0.0707 e. The topological polar surface area (TPSA) is 24.5 Å². The highest BCUT2D eigenvalue weighted by molar-refractivity contribution is 4.78. The molecule has 2 unspecified atom stereocenters. The third-order valence-corrected chi connectivity index (χ3v) is 4.53. The molecule has 0 saturated carbocycles. The van der Waals surface area contributed by atoms with Crippen molar-refractivity contribution in [1.82, 2.24) is 10.2 Å². The van der Waals surface area contributed by atoms with E-state index >= 15 is 0 Å². The van der Waals surface area contributed by atoms with Crippen molar-refractivity contribution in [2.75, 3.05) is 32.7 Å². The number of rotatable bonds is 6. The van der Waals surface area contributed by atoms with Crippen molar-refractivity contribution >= 4 is 0 Å². The van der Waals surface area contributed by atoms with Crippen molar-refractivity contribution in [2.24, 2.45) is 5.92 Å². The Bertz CT molecular complexity index is 249. The lowest BCUT2D eigenvalue weighted by molar-refractivity contribution is 0.0218. The van der Waals surface area contributed by atoms with Gasteiger partial charge in [-0.1, -0.05) is 33.1 Å². The summed E-state index contributed by atoms with van der Waals surface area (Å²) in [5, 5.41) is 3.53. The average molecular weight is 282 g/mol. The molecule has 2 aliphatic heterocycles. The molecule has 20 heavy (non-hydrogen) atoms. The molecule has 0 amide bonds. The predicted octanol–water partition coefficient (Wildman–Crippen LogP) is 3.05. The van der Waals surface area contributed by atoms with Crippen molar-refractivity contribution in [3.8, 4) is 0 Å². The zero-order valence-electron chi connectivity index (χ0n) is 13.6. The molecule has 0 radical (unpaired) electrons. The summed E-state index contributed by atoms with van der Waals surface area (Å²) >= 11 is 0. The Hall–Kier alpha value is -0.120. The first kappa shape index (κ1) is 16.3. The molecule has 0 aliphatic carbocycles.